The van der Waals surface area contributed by atoms with Crippen molar-refractivity contribution >= 4 is 23.3 Å². The van der Waals surface area contributed by atoms with Crippen LogP contribution in [-0.2, 0) is 0 Å². The first-order chi connectivity index (χ1) is 9.58. The van der Waals surface area contributed by atoms with Gasteiger partial charge in [-0.1, -0.05) is 41.4 Å². The van der Waals surface area contributed by atoms with Crippen LogP contribution in [0.25, 0.3) is 0 Å². The number of carbonyl (C=O) groups is 1. The van der Waals surface area contributed by atoms with Gasteiger partial charge in [0.15, 0.2) is 6.73 Å². The van der Waals surface area contributed by atoms with Crippen LogP contribution < -0.4 is 15.4 Å². The number of halogens is 1. The highest BCUT2D eigenvalue weighted by molar-refractivity contribution is 6.33. The fourth-order valence-corrected chi connectivity index (χ4v) is 1.93. The monoisotopic (exact) mass is 290 g/mol. The highest BCUT2D eigenvalue weighted by atomic mass is 35.5. The van der Waals surface area contributed by atoms with Crippen molar-refractivity contribution in [1.82, 2.24) is 0 Å². The molecule has 2 N–H and O–H groups in total. The molecule has 0 fully saturated rings. The summed E-state index contributed by atoms with van der Waals surface area (Å²) in [6, 6.07) is 13.9. The Morgan fingerprint density at radius 2 is 1.85 bits per heavy atom. The first-order valence-electron chi connectivity index (χ1n) is 6.09. The van der Waals surface area contributed by atoms with Crippen LogP contribution in [0.5, 0.6) is 5.75 Å². The molecular formula is C15H15ClN2O2. The highest BCUT2D eigenvalue weighted by Crippen LogP contribution is 2.25. The molecule has 0 saturated carbocycles. The lowest BCUT2D eigenvalue weighted by atomic mass is 10.2. The number of hydrogen-bond donors (Lipinski definition) is 1. The number of nitrogens with two attached hydrogens (primary N) is 1. The molecule has 0 saturated heterocycles. The number of aryl methyl sites for hydroxylation is 1. The number of para-hydroxylation sites is 1. The van der Waals surface area contributed by atoms with E-state index in [0.29, 0.717) is 16.5 Å². The van der Waals surface area contributed by atoms with Gasteiger partial charge in [-0.05, 0) is 31.2 Å². The second-order valence-corrected chi connectivity index (χ2v) is 4.71. The Hall–Kier alpha value is -2.20. The number of carbonyl (C=O) groups excluding carboxylic acids is 1. The molecule has 2 amide bonds. The Morgan fingerprint density at radius 1 is 1.20 bits per heavy atom. The Morgan fingerprint density at radius 3 is 2.45 bits per heavy atom. The predicted molar refractivity (Wildman–Crippen MR) is 80.2 cm³/mol. The van der Waals surface area contributed by atoms with E-state index in [1.807, 2.05) is 31.2 Å². The molecule has 0 aliphatic carbocycles. The van der Waals surface area contributed by atoms with Gasteiger partial charge in [0.05, 0.1) is 10.7 Å². The molecule has 0 bridgehead atoms. The number of ether oxygens (including phenoxy) is 1. The highest BCUT2D eigenvalue weighted by Gasteiger charge is 2.15. The third kappa shape index (κ3) is 3.42. The first-order valence-corrected chi connectivity index (χ1v) is 6.46. The number of rotatable bonds is 4. The van der Waals surface area contributed by atoms with Crippen LogP contribution >= 0.6 is 11.6 Å². The standard InChI is InChI=1S/C15H15ClN2O2/c1-11-6-8-12(9-7-11)20-10-18(15(17)19)14-5-3-2-4-13(14)16/h2-9H,10H2,1H3,(H2,17,19). The maximum absolute atomic E-state index is 11.5. The Labute approximate surface area is 122 Å². The number of hydrogen-bond acceptors (Lipinski definition) is 2. The summed E-state index contributed by atoms with van der Waals surface area (Å²) in [5.41, 5.74) is 7.03. The van der Waals surface area contributed by atoms with Crippen LogP contribution in [0.3, 0.4) is 0 Å². The first kappa shape index (κ1) is 14.2. The van der Waals surface area contributed by atoms with E-state index in [1.54, 1.807) is 24.3 Å². The Balaban J connectivity index is 2.13. The van der Waals surface area contributed by atoms with Crippen LogP contribution in [0.2, 0.25) is 5.02 Å². The van der Waals surface area contributed by atoms with Crippen molar-refractivity contribution in [3.8, 4) is 5.75 Å². The predicted octanol–water partition coefficient (Wildman–Crippen LogP) is 3.57. The Kier molecular flexibility index (Phi) is 4.48. The van der Waals surface area contributed by atoms with E-state index < -0.39 is 6.03 Å². The fourth-order valence-electron chi connectivity index (χ4n) is 1.70. The maximum Gasteiger partial charge on any atom is 0.322 e. The van der Waals surface area contributed by atoms with Gasteiger partial charge in [0.2, 0.25) is 0 Å². The van der Waals surface area contributed by atoms with Crippen LogP contribution in [-0.4, -0.2) is 12.8 Å². The van der Waals surface area contributed by atoms with Crippen molar-refractivity contribution in [2.24, 2.45) is 5.73 Å². The normalized spacial score (nSPS) is 10.1. The maximum atomic E-state index is 11.5. The topological polar surface area (TPSA) is 55.6 Å². The summed E-state index contributed by atoms with van der Waals surface area (Å²) >= 11 is 6.06. The minimum atomic E-state index is -0.620. The number of nitrogens with zero attached hydrogens (tertiary/aromatic N) is 1. The molecule has 0 unspecified atom stereocenters. The fraction of sp³-hybridized carbons (Fsp3) is 0.133. The van der Waals surface area contributed by atoms with E-state index in [1.165, 1.54) is 4.90 Å². The average molecular weight is 291 g/mol. The molecule has 0 spiro atoms. The van der Waals surface area contributed by atoms with Crippen LogP contribution in [0.1, 0.15) is 5.56 Å². The minimum absolute atomic E-state index is 0.00211. The Bertz CT molecular complexity index is 599. The summed E-state index contributed by atoms with van der Waals surface area (Å²) in [6.45, 7) is 1.99. The van der Waals surface area contributed by atoms with E-state index in [4.69, 9.17) is 22.1 Å². The zero-order chi connectivity index (χ0) is 14.5. The minimum Gasteiger partial charge on any atom is -0.473 e. The smallest absolute Gasteiger partial charge is 0.322 e. The van der Waals surface area contributed by atoms with E-state index in [-0.39, 0.29) is 6.73 Å². The van der Waals surface area contributed by atoms with Gasteiger partial charge >= 0.3 is 6.03 Å². The lowest BCUT2D eigenvalue weighted by Crippen LogP contribution is -2.38. The molecule has 104 valence electrons. The van der Waals surface area contributed by atoms with Crippen LogP contribution in [0.4, 0.5) is 10.5 Å². The van der Waals surface area contributed by atoms with Crippen LogP contribution in [0, 0.1) is 6.92 Å². The summed E-state index contributed by atoms with van der Waals surface area (Å²) in [7, 11) is 0. The number of anilines is 1. The van der Waals surface area contributed by atoms with Crippen molar-refractivity contribution in [2.45, 2.75) is 6.92 Å². The largest absolute Gasteiger partial charge is 0.473 e. The second-order valence-electron chi connectivity index (χ2n) is 4.30. The molecular weight excluding hydrogens is 276 g/mol. The van der Waals surface area contributed by atoms with Crippen molar-refractivity contribution in [3.05, 3.63) is 59.1 Å². The SMILES string of the molecule is Cc1ccc(OCN(C(N)=O)c2ccccc2Cl)cc1. The summed E-state index contributed by atoms with van der Waals surface area (Å²) in [4.78, 5) is 12.8. The van der Waals surface area contributed by atoms with Gasteiger partial charge in [-0.2, -0.15) is 0 Å². The van der Waals surface area contributed by atoms with Gasteiger partial charge in [0.1, 0.15) is 5.75 Å². The third-order valence-electron chi connectivity index (χ3n) is 2.79. The van der Waals surface area contributed by atoms with E-state index in [0.717, 1.165) is 5.56 Å². The van der Waals surface area contributed by atoms with E-state index in [2.05, 4.69) is 0 Å². The second kappa shape index (κ2) is 6.30. The van der Waals surface area contributed by atoms with E-state index in [9.17, 15) is 4.79 Å². The molecule has 0 aliphatic heterocycles. The summed E-state index contributed by atoms with van der Waals surface area (Å²) in [6.07, 6.45) is 0. The molecule has 0 radical (unpaired) electrons. The van der Waals surface area contributed by atoms with Gasteiger partial charge < -0.3 is 10.5 Å². The zero-order valence-electron chi connectivity index (χ0n) is 11.0. The summed E-state index contributed by atoms with van der Waals surface area (Å²) < 4.78 is 5.56. The number of amides is 2. The van der Waals surface area contributed by atoms with Gasteiger partial charge in [-0.15, -0.1) is 0 Å². The van der Waals surface area contributed by atoms with Crippen molar-refractivity contribution in [3.63, 3.8) is 0 Å². The van der Waals surface area contributed by atoms with Gasteiger partial charge in [0, 0.05) is 0 Å². The van der Waals surface area contributed by atoms with Crippen molar-refractivity contribution in [2.75, 3.05) is 11.6 Å². The number of primary amides is 1. The average Bonchev–Trinajstić information content (AvgIpc) is 2.42. The molecule has 20 heavy (non-hydrogen) atoms. The molecule has 0 heterocycles. The molecule has 2 rings (SSSR count). The summed E-state index contributed by atoms with van der Waals surface area (Å²) in [5, 5.41) is 0.443. The molecule has 0 atom stereocenters. The molecule has 0 aliphatic rings. The van der Waals surface area contributed by atoms with Gasteiger partial charge in [-0.25, -0.2) is 4.79 Å². The summed E-state index contributed by atoms with van der Waals surface area (Å²) in [5.74, 6) is 0.661. The molecule has 0 aromatic heterocycles. The quantitative estimate of drug-likeness (QED) is 0.875. The molecule has 4 nitrogen and oxygen atoms in total. The van der Waals surface area contributed by atoms with E-state index >= 15 is 0 Å². The third-order valence-corrected chi connectivity index (χ3v) is 3.11. The lowest BCUT2D eigenvalue weighted by molar-refractivity contribution is 0.243. The van der Waals surface area contributed by atoms with Crippen molar-refractivity contribution < 1.29 is 9.53 Å². The van der Waals surface area contributed by atoms with Crippen LogP contribution in [0.15, 0.2) is 48.5 Å². The van der Waals surface area contributed by atoms with Gasteiger partial charge in [-0.3, -0.25) is 4.90 Å². The lowest BCUT2D eigenvalue weighted by Gasteiger charge is -2.21. The van der Waals surface area contributed by atoms with Gasteiger partial charge in [0.25, 0.3) is 0 Å². The molecule has 2 aromatic carbocycles. The van der Waals surface area contributed by atoms with Crippen molar-refractivity contribution in [1.29, 1.82) is 0 Å². The molecule has 2 aromatic rings. The molecule has 5 heteroatoms. The number of benzene rings is 2. The number of urea groups is 1. The zero-order valence-corrected chi connectivity index (χ0v) is 11.8.